The van der Waals surface area contributed by atoms with Gasteiger partial charge in [-0.1, -0.05) is 0 Å². The van der Waals surface area contributed by atoms with Crippen LogP contribution in [0.2, 0.25) is 0 Å². The zero-order chi connectivity index (χ0) is 51.6. The average molecular weight is 1060 g/mol. The summed E-state index contributed by atoms with van der Waals surface area (Å²) >= 11 is 0. The lowest BCUT2D eigenvalue weighted by Gasteiger charge is -2.50. The Hall–Kier alpha value is -8.80. The summed E-state index contributed by atoms with van der Waals surface area (Å²) in [6.07, 6.45) is 0. The topological polar surface area (TPSA) is 109 Å². The van der Waals surface area contributed by atoms with Gasteiger partial charge in [0.2, 0.25) is 0 Å². The normalized spacial score (nSPS) is 22.1. The maximum Gasteiger partial charge on any atom is 0.317 e. The predicted octanol–water partition coefficient (Wildman–Crippen LogP) is 15.1. The van der Waals surface area contributed by atoms with Crippen molar-refractivity contribution in [1.29, 1.82) is 0 Å². The number of ether oxygens (including phenoxy) is 3. The SMILES string of the molecule is COCCOCCOCC1N(CCN(CC(=O)O)CC(=O)O)CC23c4c5c6c7c8c9c(c%10c%11c2c2c%12c4c4c%13c5c5c7c7c8c8c%14c9c%10c9c%10c%11c2c2c%11c%12c4c4c%12c%13c5c5c7c7c8c8c%14c9c9c%10c2c2c%11c4c4c%12c5c7c5c8c9c2c45)C613. The standard InChI is InChI=1S/C74H26N2O7/c1-81-4-5-82-6-7-83-10-12-74-71-64-56-44-36-27-18-16-15-17-21(18)30-37-35-26(17)28-24-19(15)22-23-20(16)25-29(27)42(44)50-48-34(25)32(23)40-39-31(22)33(24)47-49-41(28)43(35)55-57-45(37)46(38(30)36)58(56)67(71)66(57)69-62(55)60(49)63-53(47)51(39)59-52(40)54(48)65(61(50)64)72(74)68(59)70(63)73(69,74)11-76(12)3-2-75(8-13(77)78)9-14(79)80/h12H,2-11H2,1H3,(H,77,78)(H,79,80). The smallest absolute Gasteiger partial charge is 0.317 e. The molecular weight excluding hydrogens is 1030 g/mol. The molecule has 0 radical (unpaired) electrons. The van der Waals surface area contributed by atoms with Crippen LogP contribution < -0.4 is 0 Å². The van der Waals surface area contributed by atoms with Crippen LogP contribution in [0.1, 0.15) is 22.3 Å². The number of likely N-dealkylation sites (tertiary alicyclic amines) is 1. The Morgan fingerprint density at radius 3 is 0.976 bits per heavy atom. The molecule has 0 bridgehead atoms. The third kappa shape index (κ3) is 2.31. The summed E-state index contributed by atoms with van der Waals surface area (Å²) in [6, 6.07) is -0.186. The Morgan fingerprint density at radius 2 is 0.627 bits per heavy atom. The fourth-order valence-electron chi connectivity index (χ4n) is 26.9. The highest BCUT2D eigenvalue weighted by Gasteiger charge is 2.76. The molecule has 28 aromatic carbocycles. The molecule has 0 amide bonds. The van der Waals surface area contributed by atoms with Gasteiger partial charge in [0.1, 0.15) is 0 Å². The molecule has 33 rings (SSSR count). The zero-order valence-electron chi connectivity index (χ0n) is 43.5. The van der Waals surface area contributed by atoms with E-state index < -0.39 is 22.8 Å². The molecule has 374 valence electrons. The summed E-state index contributed by atoms with van der Waals surface area (Å²) in [5, 5.41) is 105. The molecule has 1 heterocycles. The number of carboxylic acid groups (broad SMARTS) is 2. The zero-order valence-corrected chi connectivity index (χ0v) is 43.5. The van der Waals surface area contributed by atoms with Crippen LogP contribution in [-0.2, 0) is 34.6 Å². The van der Waals surface area contributed by atoms with Gasteiger partial charge in [0.25, 0.3) is 0 Å². The number of rotatable bonds is 15. The molecule has 1 saturated heterocycles. The second kappa shape index (κ2) is 9.06. The van der Waals surface area contributed by atoms with Crippen LogP contribution in [-0.4, -0.2) is 111 Å². The van der Waals surface area contributed by atoms with Crippen LogP contribution in [0.25, 0.3) is 291 Å². The predicted molar refractivity (Wildman–Crippen MR) is 334 cm³/mol. The molecule has 2 spiro atoms. The van der Waals surface area contributed by atoms with Crippen molar-refractivity contribution in [2.75, 3.05) is 72.9 Å². The van der Waals surface area contributed by atoms with E-state index >= 15 is 0 Å². The Balaban J connectivity index is 0.941. The first-order chi connectivity index (χ1) is 41.0. The number of benzene rings is 17. The minimum Gasteiger partial charge on any atom is -0.480 e. The van der Waals surface area contributed by atoms with Gasteiger partial charge in [-0.05, 0) is 313 Å². The van der Waals surface area contributed by atoms with Crippen LogP contribution in [0.3, 0.4) is 0 Å². The van der Waals surface area contributed by atoms with Crippen LogP contribution >= 0.6 is 0 Å². The fraction of sp³-hybridized carbons (Fsp3) is 0.189. The van der Waals surface area contributed by atoms with Crippen molar-refractivity contribution in [3.05, 3.63) is 22.3 Å². The third-order valence-corrected chi connectivity index (χ3v) is 27.4. The summed E-state index contributed by atoms with van der Waals surface area (Å²) < 4.78 is 18.9. The minimum absolute atomic E-state index is 0.186. The third-order valence-electron chi connectivity index (χ3n) is 27.4. The van der Waals surface area contributed by atoms with Gasteiger partial charge < -0.3 is 24.4 Å². The highest BCUT2D eigenvalue weighted by molar-refractivity contribution is 6.82. The summed E-state index contributed by atoms with van der Waals surface area (Å²) in [4.78, 5) is 29.7. The molecule has 83 heavy (non-hydrogen) atoms. The van der Waals surface area contributed by atoms with Crippen molar-refractivity contribution in [3.63, 3.8) is 0 Å². The van der Waals surface area contributed by atoms with E-state index in [4.69, 9.17) is 14.2 Å². The second-order valence-corrected chi connectivity index (χ2v) is 28.6. The Labute approximate surface area is 456 Å². The van der Waals surface area contributed by atoms with Crippen molar-refractivity contribution >= 4 is 303 Å². The number of nitrogens with zero attached hydrogens (tertiary/aromatic N) is 2. The molecule has 3 unspecified atom stereocenters. The maximum absolute atomic E-state index is 12.7. The lowest BCUT2D eigenvalue weighted by atomic mass is 9.50. The molecule has 1 aliphatic heterocycles. The molecule has 0 aromatic heterocycles. The number of hydrogen-bond acceptors (Lipinski definition) is 7. The van der Waals surface area contributed by atoms with E-state index in [2.05, 4.69) is 4.90 Å². The lowest BCUT2D eigenvalue weighted by molar-refractivity contribution is -0.141. The molecular formula is C74H26N2O7. The van der Waals surface area contributed by atoms with E-state index in [1.807, 2.05) is 0 Å². The summed E-state index contributed by atoms with van der Waals surface area (Å²) in [5.74, 6) is -2.02. The molecule has 28 aromatic rings. The summed E-state index contributed by atoms with van der Waals surface area (Å²) in [5.41, 5.74) is 5.12. The summed E-state index contributed by atoms with van der Waals surface area (Å²) in [6.45, 7) is 3.22. The quantitative estimate of drug-likeness (QED) is 0.0766. The number of hydrogen-bond donors (Lipinski definition) is 2. The fourth-order valence-corrected chi connectivity index (χ4v) is 26.9. The Morgan fingerprint density at radius 1 is 0.373 bits per heavy atom. The van der Waals surface area contributed by atoms with E-state index in [-0.39, 0.29) is 19.1 Å². The average Bonchev–Trinajstić information content (AvgIpc) is 1.38. The van der Waals surface area contributed by atoms with E-state index in [0.717, 1.165) is 6.54 Å². The Kier molecular flexibility index (Phi) is 3.92. The van der Waals surface area contributed by atoms with Gasteiger partial charge >= 0.3 is 11.9 Å². The van der Waals surface area contributed by atoms with Gasteiger partial charge in [0.15, 0.2) is 0 Å². The highest BCUT2D eigenvalue weighted by Crippen LogP contribution is 2.86. The maximum atomic E-state index is 12.7. The van der Waals surface area contributed by atoms with E-state index in [1.165, 1.54) is 37.7 Å². The van der Waals surface area contributed by atoms with Gasteiger partial charge in [0.05, 0.1) is 57.0 Å². The number of methoxy groups -OCH3 is 1. The van der Waals surface area contributed by atoms with Crippen LogP contribution in [0, 0.1) is 0 Å². The minimum atomic E-state index is -1.01. The van der Waals surface area contributed by atoms with E-state index in [9.17, 15) is 19.8 Å². The van der Waals surface area contributed by atoms with Gasteiger partial charge in [-0.3, -0.25) is 19.4 Å². The molecule has 3 atom stereocenters. The van der Waals surface area contributed by atoms with Crippen molar-refractivity contribution in [1.82, 2.24) is 9.80 Å². The molecule has 1 fully saturated rings. The first-order valence-electron chi connectivity index (χ1n) is 30.3. The Bertz CT molecular complexity index is 7710. The van der Waals surface area contributed by atoms with Gasteiger partial charge in [-0.2, -0.15) is 0 Å². The van der Waals surface area contributed by atoms with Gasteiger partial charge in [-0.25, -0.2) is 0 Å². The molecule has 5 aliphatic rings. The van der Waals surface area contributed by atoms with Crippen LogP contribution in [0.5, 0.6) is 0 Å². The number of carboxylic acids is 2. The second-order valence-electron chi connectivity index (χ2n) is 28.6. The molecule has 2 N–H and O–H groups in total. The van der Waals surface area contributed by atoms with E-state index in [1.54, 1.807) is 287 Å². The highest BCUT2D eigenvalue weighted by atomic mass is 16.5. The van der Waals surface area contributed by atoms with Gasteiger partial charge in [-0.15, -0.1) is 0 Å². The molecule has 0 saturated carbocycles. The largest absolute Gasteiger partial charge is 0.480 e. The first kappa shape index (κ1) is 35.9. The van der Waals surface area contributed by atoms with Crippen molar-refractivity contribution in [2.45, 2.75) is 16.9 Å². The van der Waals surface area contributed by atoms with Crippen LogP contribution in [0.4, 0.5) is 0 Å². The number of aliphatic carboxylic acids is 2. The van der Waals surface area contributed by atoms with Crippen molar-refractivity contribution in [3.8, 4) is 0 Å². The van der Waals surface area contributed by atoms with Crippen LogP contribution in [0.15, 0.2) is 0 Å². The molecule has 4 aliphatic carbocycles. The summed E-state index contributed by atoms with van der Waals surface area (Å²) in [7, 11) is 1.71. The molecule has 9 nitrogen and oxygen atoms in total. The van der Waals surface area contributed by atoms with Crippen molar-refractivity contribution in [2.24, 2.45) is 0 Å². The monoisotopic (exact) mass is 1050 g/mol. The van der Waals surface area contributed by atoms with E-state index in [0.29, 0.717) is 46.1 Å². The van der Waals surface area contributed by atoms with Crippen molar-refractivity contribution < 1.29 is 34.0 Å². The first-order valence-corrected chi connectivity index (χ1v) is 30.3. The van der Waals surface area contributed by atoms with Gasteiger partial charge in [0, 0.05) is 32.8 Å². The lowest BCUT2D eigenvalue weighted by Crippen LogP contribution is -2.55. The molecule has 9 heteroatoms. The number of carbonyl (C=O) groups is 2.